The summed E-state index contributed by atoms with van der Waals surface area (Å²) < 4.78 is 42.5. The van der Waals surface area contributed by atoms with Crippen molar-refractivity contribution in [2.24, 2.45) is 4.99 Å². The maximum absolute atomic E-state index is 14.1. The van der Waals surface area contributed by atoms with E-state index in [1.54, 1.807) is 30.5 Å². The van der Waals surface area contributed by atoms with Gasteiger partial charge in [0.1, 0.15) is 16.4 Å². The van der Waals surface area contributed by atoms with Crippen molar-refractivity contribution in [2.45, 2.75) is 36.7 Å². The van der Waals surface area contributed by atoms with Crippen molar-refractivity contribution in [1.82, 2.24) is 9.55 Å². The van der Waals surface area contributed by atoms with Gasteiger partial charge in [-0.3, -0.25) is 9.98 Å². The number of hydrogen-bond acceptors (Lipinski definition) is 4. The number of sulfone groups is 1. The summed E-state index contributed by atoms with van der Waals surface area (Å²) in [6.45, 7) is 4.38. The Balaban J connectivity index is 1.61. The van der Waals surface area contributed by atoms with Crippen LogP contribution in [0.2, 0.25) is 0 Å². The Labute approximate surface area is 186 Å². The molecule has 7 heteroatoms. The average molecular weight is 448 g/mol. The van der Waals surface area contributed by atoms with E-state index in [9.17, 15) is 12.8 Å². The summed E-state index contributed by atoms with van der Waals surface area (Å²) in [7, 11) is -3.56. The lowest BCUT2D eigenvalue weighted by Gasteiger charge is -2.30. The molecule has 2 aromatic heterocycles. The smallest absolute Gasteiger partial charge is 0.197 e. The van der Waals surface area contributed by atoms with Gasteiger partial charge in [-0.25, -0.2) is 12.8 Å². The van der Waals surface area contributed by atoms with Crippen LogP contribution in [0.4, 0.5) is 4.39 Å². The molecular formula is C25H22FN3O2S. The molecule has 0 amide bonds. The Kier molecular flexibility index (Phi) is 4.74. The summed E-state index contributed by atoms with van der Waals surface area (Å²) in [5.74, 6) is -0.446. The van der Waals surface area contributed by atoms with Crippen molar-refractivity contribution >= 4 is 26.5 Å². The van der Waals surface area contributed by atoms with E-state index in [4.69, 9.17) is 4.99 Å². The lowest BCUT2D eigenvalue weighted by molar-refractivity contribution is 0.406. The van der Waals surface area contributed by atoms with Gasteiger partial charge < -0.3 is 4.57 Å². The van der Waals surface area contributed by atoms with E-state index in [2.05, 4.69) is 4.98 Å². The summed E-state index contributed by atoms with van der Waals surface area (Å²) in [5, 5.41) is 0.945. The molecular weight excluding hydrogens is 425 g/mol. The SMILES string of the molecule is CC1(C)Cn2c(ccc2S(=O)(=O)Cc2ccccc2)C(c2cnc3c(F)cccc3c2)=N1. The van der Waals surface area contributed by atoms with E-state index in [0.717, 1.165) is 11.1 Å². The van der Waals surface area contributed by atoms with Gasteiger partial charge in [-0.2, -0.15) is 0 Å². The summed E-state index contributed by atoms with van der Waals surface area (Å²) in [4.78, 5) is 9.21. The molecule has 0 spiro atoms. The lowest BCUT2D eigenvalue weighted by atomic mass is 9.99. The summed E-state index contributed by atoms with van der Waals surface area (Å²) >= 11 is 0. The van der Waals surface area contributed by atoms with Crippen LogP contribution in [0.3, 0.4) is 0 Å². The summed E-state index contributed by atoms with van der Waals surface area (Å²) in [6.07, 6.45) is 1.60. The molecule has 0 saturated carbocycles. The number of fused-ring (bicyclic) bond motifs is 2. The third-order valence-electron chi connectivity index (χ3n) is 5.60. The van der Waals surface area contributed by atoms with E-state index in [-0.39, 0.29) is 16.6 Å². The van der Waals surface area contributed by atoms with Gasteiger partial charge in [-0.15, -0.1) is 0 Å². The van der Waals surface area contributed by atoms with Gasteiger partial charge >= 0.3 is 0 Å². The molecule has 32 heavy (non-hydrogen) atoms. The maximum atomic E-state index is 14.1. The van der Waals surface area contributed by atoms with Crippen molar-refractivity contribution in [3.63, 3.8) is 0 Å². The third-order valence-corrected chi connectivity index (χ3v) is 7.30. The second-order valence-corrected chi connectivity index (χ2v) is 10.6. The standard InChI is InChI=1S/C25H22FN3O2S/c1-25(2)16-29-21(11-12-22(29)32(30,31)15-17-7-4-3-5-8-17)24(28-25)19-13-18-9-6-10-20(26)23(18)27-14-19/h3-14H,15-16H2,1-2H3. The molecule has 0 N–H and O–H groups in total. The first-order valence-corrected chi connectivity index (χ1v) is 12.0. The van der Waals surface area contributed by atoms with Gasteiger partial charge in [0.25, 0.3) is 0 Å². The lowest BCUT2D eigenvalue weighted by Crippen LogP contribution is -2.34. The monoisotopic (exact) mass is 447 g/mol. The third kappa shape index (κ3) is 3.62. The van der Waals surface area contributed by atoms with Crippen LogP contribution in [0.15, 0.2) is 82.9 Å². The predicted molar refractivity (Wildman–Crippen MR) is 123 cm³/mol. The molecule has 0 saturated heterocycles. The number of aliphatic imine (C=N–C) groups is 1. The number of pyridine rings is 1. The zero-order valence-electron chi connectivity index (χ0n) is 17.8. The zero-order valence-corrected chi connectivity index (χ0v) is 18.6. The van der Waals surface area contributed by atoms with Crippen molar-refractivity contribution < 1.29 is 12.8 Å². The Hall–Kier alpha value is -3.32. The van der Waals surface area contributed by atoms with Crippen LogP contribution in [0.25, 0.3) is 10.9 Å². The molecule has 3 heterocycles. The van der Waals surface area contributed by atoms with Crippen LogP contribution in [0, 0.1) is 5.82 Å². The fourth-order valence-corrected chi connectivity index (χ4v) is 5.76. The number of halogens is 1. The van der Waals surface area contributed by atoms with Gasteiger partial charge in [0.15, 0.2) is 9.84 Å². The first-order chi connectivity index (χ1) is 15.2. The quantitative estimate of drug-likeness (QED) is 0.452. The van der Waals surface area contributed by atoms with Crippen LogP contribution >= 0.6 is 0 Å². The summed E-state index contributed by atoms with van der Waals surface area (Å²) in [6, 6.07) is 19.3. The number of nitrogens with zero attached hydrogens (tertiary/aromatic N) is 3. The van der Waals surface area contributed by atoms with Crippen molar-refractivity contribution in [2.75, 3.05) is 0 Å². The van der Waals surface area contributed by atoms with E-state index in [1.807, 2.05) is 54.8 Å². The maximum Gasteiger partial charge on any atom is 0.197 e. The fraction of sp³-hybridized carbons (Fsp3) is 0.200. The molecule has 0 fully saturated rings. The molecule has 0 aliphatic carbocycles. The van der Waals surface area contributed by atoms with Crippen LogP contribution in [0.5, 0.6) is 0 Å². The number of aromatic nitrogens is 2. The Morgan fingerprint density at radius 1 is 1.03 bits per heavy atom. The number of para-hydroxylation sites is 1. The van der Waals surface area contributed by atoms with Crippen LogP contribution < -0.4 is 0 Å². The molecule has 162 valence electrons. The fourth-order valence-electron chi connectivity index (χ4n) is 4.21. The van der Waals surface area contributed by atoms with E-state index in [0.29, 0.717) is 28.9 Å². The van der Waals surface area contributed by atoms with E-state index < -0.39 is 15.4 Å². The topological polar surface area (TPSA) is 64.3 Å². The number of benzene rings is 2. The van der Waals surface area contributed by atoms with Gasteiger partial charge in [0.05, 0.1) is 22.7 Å². The second-order valence-electron chi connectivity index (χ2n) is 8.70. The van der Waals surface area contributed by atoms with Crippen LogP contribution in [-0.2, 0) is 22.1 Å². The first-order valence-electron chi connectivity index (χ1n) is 10.3. The molecule has 0 unspecified atom stereocenters. The normalized spacial score (nSPS) is 15.4. The van der Waals surface area contributed by atoms with E-state index in [1.165, 1.54) is 6.07 Å². The van der Waals surface area contributed by atoms with Crippen molar-refractivity contribution in [3.05, 3.63) is 95.6 Å². The Morgan fingerprint density at radius 2 is 1.81 bits per heavy atom. The first kappa shape index (κ1) is 20.6. The largest absolute Gasteiger partial charge is 0.328 e. The van der Waals surface area contributed by atoms with Crippen LogP contribution in [-0.4, -0.2) is 29.2 Å². The predicted octanol–water partition coefficient (Wildman–Crippen LogP) is 4.78. The van der Waals surface area contributed by atoms with Crippen molar-refractivity contribution in [3.8, 4) is 0 Å². The number of rotatable bonds is 4. The molecule has 1 aliphatic rings. The van der Waals surface area contributed by atoms with Crippen LogP contribution in [0.1, 0.15) is 30.7 Å². The molecule has 0 bridgehead atoms. The average Bonchev–Trinajstić information content (AvgIpc) is 3.17. The molecule has 5 nitrogen and oxygen atoms in total. The van der Waals surface area contributed by atoms with Gasteiger partial charge in [0.2, 0.25) is 0 Å². The van der Waals surface area contributed by atoms with E-state index >= 15 is 0 Å². The molecule has 0 atom stereocenters. The van der Waals surface area contributed by atoms with Gasteiger partial charge in [-0.05, 0) is 43.7 Å². The Morgan fingerprint density at radius 3 is 2.59 bits per heavy atom. The Bertz CT molecular complexity index is 1470. The molecule has 1 aliphatic heterocycles. The minimum Gasteiger partial charge on any atom is -0.328 e. The zero-order chi connectivity index (χ0) is 22.5. The highest BCUT2D eigenvalue weighted by atomic mass is 32.2. The van der Waals surface area contributed by atoms with Gasteiger partial charge in [-0.1, -0.05) is 42.5 Å². The molecule has 2 aromatic carbocycles. The van der Waals surface area contributed by atoms with Gasteiger partial charge in [0, 0.05) is 23.7 Å². The second kappa shape index (κ2) is 7.38. The summed E-state index contributed by atoms with van der Waals surface area (Å²) in [5.41, 5.74) is 2.62. The highest BCUT2D eigenvalue weighted by Crippen LogP contribution is 2.31. The highest BCUT2D eigenvalue weighted by molar-refractivity contribution is 7.90. The molecule has 0 radical (unpaired) electrons. The minimum absolute atomic E-state index is 0.0684. The van der Waals surface area contributed by atoms with Crippen molar-refractivity contribution in [1.29, 1.82) is 0 Å². The minimum atomic E-state index is -3.56. The molecule has 4 aromatic rings. The highest BCUT2D eigenvalue weighted by Gasteiger charge is 2.32. The number of hydrogen-bond donors (Lipinski definition) is 0. The molecule has 5 rings (SSSR count).